The molecule has 2 heteroatoms. The third-order valence-electron chi connectivity index (χ3n) is 4.87. The predicted molar refractivity (Wildman–Crippen MR) is 69.4 cm³/mol. The van der Waals surface area contributed by atoms with E-state index >= 15 is 0 Å². The van der Waals surface area contributed by atoms with Crippen molar-refractivity contribution >= 4 is 0 Å². The summed E-state index contributed by atoms with van der Waals surface area (Å²) in [6.07, 6.45) is 4.92. The van der Waals surface area contributed by atoms with E-state index in [2.05, 4.69) is 24.9 Å². The number of rotatable bonds is 0. The molecule has 0 saturated carbocycles. The molecule has 1 aromatic rings. The van der Waals surface area contributed by atoms with Gasteiger partial charge < -0.3 is 10.0 Å². The number of aryl methyl sites for hydroxylation is 1. The maximum Gasteiger partial charge on any atom is 0.115 e. The molecule has 1 aliphatic carbocycles. The van der Waals surface area contributed by atoms with Crippen LogP contribution in [0, 0.1) is 0 Å². The van der Waals surface area contributed by atoms with Gasteiger partial charge in [0.25, 0.3) is 0 Å². The number of aromatic hydroxyl groups is 1. The second kappa shape index (κ2) is 3.74. The van der Waals surface area contributed by atoms with Gasteiger partial charge in [0.1, 0.15) is 5.75 Å². The summed E-state index contributed by atoms with van der Waals surface area (Å²) in [4.78, 5) is 2.51. The summed E-state index contributed by atoms with van der Waals surface area (Å²) < 4.78 is 0. The van der Waals surface area contributed by atoms with Crippen LogP contribution >= 0.6 is 0 Å². The van der Waals surface area contributed by atoms with Crippen LogP contribution in [0.4, 0.5) is 0 Å². The minimum absolute atomic E-state index is 0.235. The van der Waals surface area contributed by atoms with E-state index in [1.165, 1.54) is 36.9 Å². The topological polar surface area (TPSA) is 23.5 Å². The minimum Gasteiger partial charge on any atom is -0.508 e. The highest BCUT2D eigenvalue weighted by Gasteiger charge is 2.44. The Labute approximate surface area is 103 Å². The fraction of sp³-hybridized carbons (Fsp3) is 0.600. The van der Waals surface area contributed by atoms with Crippen LogP contribution in [-0.4, -0.2) is 29.6 Å². The molecule has 1 aromatic carbocycles. The van der Waals surface area contributed by atoms with E-state index in [1.807, 2.05) is 12.1 Å². The van der Waals surface area contributed by atoms with Crippen molar-refractivity contribution < 1.29 is 5.11 Å². The van der Waals surface area contributed by atoms with Crippen molar-refractivity contribution in [2.24, 2.45) is 0 Å². The maximum absolute atomic E-state index is 9.75. The van der Waals surface area contributed by atoms with Crippen LogP contribution in [0.5, 0.6) is 5.75 Å². The number of piperidine rings is 1. The molecule has 0 unspecified atom stereocenters. The maximum atomic E-state index is 9.75. The lowest BCUT2D eigenvalue weighted by Crippen LogP contribution is -2.54. The largest absolute Gasteiger partial charge is 0.508 e. The van der Waals surface area contributed by atoms with Crippen LogP contribution in [0.2, 0.25) is 0 Å². The number of hydrogen-bond acceptors (Lipinski definition) is 2. The molecule has 92 valence electrons. The molecule has 1 fully saturated rings. The molecule has 0 spiro atoms. The highest BCUT2D eigenvalue weighted by molar-refractivity contribution is 5.43. The third kappa shape index (κ3) is 1.58. The Kier molecular flexibility index (Phi) is 2.44. The molecule has 1 N–H and O–H groups in total. The Morgan fingerprint density at radius 2 is 2.24 bits per heavy atom. The molecule has 1 aliphatic heterocycles. The van der Waals surface area contributed by atoms with E-state index in [4.69, 9.17) is 0 Å². The van der Waals surface area contributed by atoms with Crippen LogP contribution in [0.3, 0.4) is 0 Å². The lowest BCUT2D eigenvalue weighted by molar-refractivity contribution is 0.0852. The lowest BCUT2D eigenvalue weighted by atomic mass is 9.63. The normalized spacial score (nSPS) is 32.9. The molecule has 0 radical (unpaired) electrons. The minimum atomic E-state index is 0.235. The van der Waals surface area contributed by atoms with Crippen LogP contribution < -0.4 is 0 Å². The van der Waals surface area contributed by atoms with Gasteiger partial charge in [0.05, 0.1) is 0 Å². The van der Waals surface area contributed by atoms with Gasteiger partial charge in [0.2, 0.25) is 0 Å². The quantitative estimate of drug-likeness (QED) is 0.742. The standard InChI is InChI=1S/C15H21NO/c1-15-8-3-9-16(2)14(15)7-5-11-4-6-12(17)10-13(11)15/h4,6,10,14,17H,3,5,7-9H2,1-2H3/t14-,15-/m0/s1. The first kappa shape index (κ1) is 11.1. The summed E-state index contributed by atoms with van der Waals surface area (Å²) >= 11 is 0. The number of hydrogen-bond donors (Lipinski definition) is 1. The molecule has 3 rings (SSSR count). The molecule has 0 amide bonds. The molecule has 2 atom stereocenters. The van der Waals surface area contributed by atoms with Gasteiger partial charge in [-0.15, -0.1) is 0 Å². The Morgan fingerprint density at radius 1 is 1.41 bits per heavy atom. The van der Waals surface area contributed by atoms with Gasteiger partial charge in [-0.1, -0.05) is 13.0 Å². The van der Waals surface area contributed by atoms with Crippen molar-refractivity contribution in [3.05, 3.63) is 29.3 Å². The zero-order chi connectivity index (χ0) is 12.0. The first-order chi connectivity index (χ1) is 8.11. The van der Waals surface area contributed by atoms with Gasteiger partial charge >= 0.3 is 0 Å². The number of fused-ring (bicyclic) bond motifs is 3. The van der Waals surface area contributed by atoms with E-state index in [9.17, 15) is 5.11 Å². The van der Waals surface area contributed by atoms with Crippen LogP contribution in [0.15, 0.2) is 18.2 Å². The van der Waals surface area contributed by atoms with E-state index < -0.39 is 0 Å². The number of likely N-dealkylation sites (N-methyl/N-ethyl adjacent to an activating group) is 1. The van der Waals surface area contributed by atoms with Crippen LogP contribution in [-0.2, 0) is 11.8 Å². The molecule has 2 nitrogen and oxygen atoms in total. The van der Waals surface area contributed by atoms with Crippen LogP contribution in [0.1, 0.15) is 37.3 Å². The summed E-state index contributed by atoms with van der Waals surface area (Å²) in [5.74, 6) is 0.416. The Balaban J connectivity index is 2.11. The highest BCUT2D eigenvalue weighted by atomic mass is 16.3. The van der Waals surface area contributed by atoms with Gasteiger partial charge in [-0.05, 0) is 62.5 Å². The smallest absolute Gasteiger partial charge is 0.115 e. The molecule has 0 bridgehead atoms. The average molecular weight is 231 g/mol. The molecular weight excluding hydrogens is 210 g/mol. The summed E-state index contributed by atoms with van der Waals surface area (Å²) in [6.45, 7) is 3.60. The average Bonchev–Trinajstić information content (AvgIpc) is 2.29. The number of nitrogens with zero attached hydrogens (tertiary/aromatic N) is 1. The first-order valence-electron chi connectivity index (χ1n) is 6.64. The van der Waals surface area contributed by atoms with Gasteiger partial charge in [0.15, 0.2) is 0 Å². The van der Waals surface area contributed by atoms with Crippen LogP contribution in [0.25, 0.3) is 0 Å². The SMILES string of the molecule is CN1CCC[C@@]2(C)c3cc(O)ccc3CC[C@H]12. The van der Waals surface area contributed by atoms with Crippen molar-refractivity contribution in [3.63, 3.8) is 0 Å². The second-order valence-electron chi connectivity index (χ2n) is 5.90. The van der Waals surface area contributed by atoms with Crippen molar-refractivity contribution in [2.45, 2.75) is 44.1 Å². The van der Waals surface area contributed by atoms with Crippen molar-refractivity contribution in [2.75, 3.05) is 13.6 Å². The fourth-order valence-corrected chi connectivity index (χ4v) is 3.96. The molecule has 1 saturated heterocycles. The zero-order valence-corrected chi connectivity index (χ0v) is 10.7. The fourth-order valence-electron chi connectivity index (χ4n) is 3.96. The number of likely N-dealkylation sites (tertiary alicyclic amines) is 1. The summed E-state index contributed by atoms with van der Waals surface area (Å²) in [7, 11) is 2.25. The van der Waals surface area contributed by atoms with Gasteiger partial charge in [-0.25, -0.2) is 0 Å². The number of phenolic OH excluding ortho intramolecular Hbond substituents is 1. The van der Waals surface area contributed by atoms with E-state index in [-0.39, 0.29) is 5.41 Å². The summed E-state index contributed by atoms with van der Waals surface area (Å²) in [5.41, 5.74) is 3.07. The predicted octanol–water partition coefficient (Wildman–Crippen LogP) is 2.69. The van der Waals surface area contributed by atoms with Crippen molar-refractivity contribution in [1.82, 2.24) is 4.90 Å². The van der Waals surface area contributed by atoms with E-state index in [1.54, 1.807) is 0 Å². The molecule has 0 aromatic heterocycles. The third-order valence-corrected chi connectivity index (χ3v) is 4.87. The highest BCUT2D eigenvalue weighted by Crippen LogP contribution is 2.45. The number of benzene rings is 1. The van der Waals surface area contributed by atoms with E-state index in [0.717, 1.165) is 6.42 Å². The Morgan fingerprint density at radius 3 is 3.06 bits per heavy atom. The second-order valence-corrected chi connectivity index (χ2v) is 5.90. The summed E-state index contributed by atoms with van der Waals surface area (Å²) in [6, 6.07) is 6.58. The van der Waals surface area contributed by atoms with Gasteiger partial charge in [0, 0.05) is 11.5 Å². The monoisotopic (exact) mass is 231 g/mol. The molecule has 1 heterocycles. The van der Waals surface area contributed by atoms with Crippen molar-refractivity contribution in [3.8, 4) is 5.75 Å². The molecule has 2 aliphatic rings. The van der Waals surface area contributed by atoms with E-state index in [0.29, 0.717) is 11.8 Å². The lowest BCUT2D eigenvalue weighted by Gasteiger charge is -2.51. The molecular formula is C15H21NO. The Bertz CT molecular complexity index is 443. The number of phenols is 1. The van der Waals surface area contributed by atoms with Gasteiger partial charge in [-0.2, -0.15) is 0 Å². The zero-order valence-electron chi connectivity index (χ0n) is 10.7. The molecule has 17 heavy (non-hydrogen) atoms. The summed E-state index contributed by atoms with van der Waals surface area (Å²) in [5, 5.41) is 9.75. The van der Waals surface area contributed by atoms with Crippen molar-refractivity contribution in [1.29, 1.82) is 0 Å². The first-order valence-corrected chi connectivity index (χ1v) is 6.64. The Hall–Kier alpha value is -1.02. The van der Waals surface area contributed by atoms with Gasteiger partial charge in [-0.3, -0.25) is 0 Å².